The molecular formula is C19H17N3O6. The Bertz CT molecular complexity index is 908. The van der Waals surface area contributed by atoms with Crippen LogP contribution in [0.1, 0.15) is 45.8 Å². The molecule has 0 radical (unpaired) electrons. The van der Waals surface area contributed by atoms with Crippen LogP contribution in [0.4, 0.5) is 21.0 Å². The first-order valence-corrected chi connectivity index (χ1v) is 8.56. The smallest absolute Gasteiger partial charge is 0.411 e. The van der Waals surface area contributed by atoms with Gasteiger partial charge in [0.1, 0.15) is 5.69 Å². The number of anilines is 2. The van der Waals surface area contributed by atoms with Crippen LogP contribution in [0.2, 0.25) is 0 Å². The number of hydrogen-bond donors (Lipinski definition) is 2. The standard InChI is InChI=1S/C19H17N3O6/c1-3-27-18(25)21-11-7-8-12(22-19(26)28-4-2)14-13(11)16(23)10-6-5-9-20-15(10)17(14)24/h5-9H,3-4H2,1-2H3,(H,21,25)(H,22,26). The van der Waals surface area contributed by atoms with Gasteiger partial charge in [-0.15, -0.1) is 0 Å². The molecule has 2 aromatic rings. The number of fused-ring (bicyclic) bond motifs is 2. The SMILES string of the molecule is CCOC(=O)Nc1ccc(NC(=O)OCC)c2c1C(=O)c1cccnc1C2=O. The van der Waals surface area contributed by atoms with Crippen LogP contribution in [0.25, 0.3) is 0 Å². The van der Waals surface area contributed by atoms with E-state index in [4.69, 9.17) is 9.47 Å². The number of carbonyl (C=O) groups is 4. The molecule has 9 heteroatoms. The van der Waals surface area contributed by atoms with E-state index in [9.17, 15) is 19.2 Å². The third-order valence-corrected chi connectivity index (χ3v) is 3.95. The highest BCUT2D eigenvalue weighted by atomic mass is 16.6. The lowest BCUT2D eigenvalue weighted by molar-refractivity contribution is 0.0976. The van der Waals surface area contributed by atoms with Gasteiger partial charge in [0.15, 0.2) is 5.78 Å². The van der Waals surface area contributed by atoms with E-state index in [0.29, 0.717) is 0 Å². The van der Waals surface area contributed by atoms with Crippen molar-refractivity contribution >= 4 is 35.1 Å². The van der Waals surface area contributed by atoms with Gasteiger partial charge in [0.05, 0.1) is 41.3 Å². The largest absolute Gasteiger partial charge is 0.450 e. The molecule has 0 fully saturated rings. The average molecular weight is 383 g/mol. The van der Waals surface area contributed by atoms with Crippen LogP contribution in [0, 0.1) is 0 Å². The van der Waals surface area contributed by atoms with Gasteiger partial charge in [0, 0.05) is 6.20 Å². The van der Waals surface area contributed by atoms with Crippen LogP contribution in [0.15, 0.2) is 30.5 Å². The summed E-state index contributed by atoms with van der Waals surface area (Å²) < 4.78 is 9.69. The fourth-order valence-electron chi connectivity index (χ4n) is 2.86. The second-order valence-electron chi connectivity index (χ2n) is 5.66. The van der Waals surface area contributed by atoms with Crippen molar-refractivity contribution in [3.8, 4) is 0 Å². The molecule has 3 rings (SSSR count). The van der Waals surface area contributed by atoms with Crippen LogP contribution in [0.5, 0.6) is 0 Å². The summed E-state index contributed by atoms with van der Waals surface area (Å²) in [6.07, 6.45) is -0.148. The summed E-state index contributed by atoms with van der Waals surface area (Å²) in [5, 5.41) is 4.91. The second-order valence-corrected chi connectivity index (χ2v) is 5.66. The summed E-state index contributed by atoms with van der Waals surface area (Å²) in [6, 6.07) is 5.82. The van der Waals surface area contributed by atoms with E-state index in [2.05, 4.69) is 15.6 Å². The fourth-order valence-corrected chi connectivity index (χ4v) is 2.86. The number of nitrogens with zero attached hydrogens (tertiary/aromatic N) is 1. The lowest BCUT2D eigenvalue weighted by Crippen LogP contribution is -2.27. The Morgan fingerprint density at radius 1 is 0.893 bits per heavy atom. The summed E-state index contributed by atoms with van der Waals surface area (Å²) in [4.78, 5) is 53.8. The zero-order valence-corrected chi connectivity index (χ0v) is 15.2. The molecule has 0 unspecified atom stereocenters. The molecule has 0 bridgehead atoms. The Hall–Kier alpha value is -3.75. The predicted octanol–water partition coefficient (Wildman–Crippen LogP) is 2.99. The zero-order valence-electron chi connectivity index (χ0n) is 15.2. The zero-order chi connectivity index (χ0) is 20.3. The summed E-state index contributed by atoms with van der Waals surface area (Å²) in [5.41, 5.74) is 0.139. The van der Waals surface area contributed by atoms with Crippen molar-refractivity contribution in [3.05, 3.63) is 52.8 Å². The van der Waals surface area contributed by atoms with Crippen molar-refractivity contribution in [1.82, 2.24) is 4.98 Å². The van der Waals surface area contributed by atoms with Crippen molar-refractivity contribution in [2.45, 2.75) is 13.8 Å². The molecular weight excluding hydrogens is 366 g/mol. The number of carbonyl (C=O) groups excluding carboxylic acids is 4. The summed E-state index contributed by atoms with van der Waals surface area (Å²) >= 11 is 0. The minimum absolute atomic E-state index is 0.0276. The number of aromatic nitrogens is 1. The average Bonchev–Trinajstić information content (AvgIpc) is 2.67. The third-order valence-electron chi connectivity index (χ3n) is 3.95. The highest BCUT2D eigenvalue weighted by Gasteiger charge is 2.35. The number of benzene rings is 1. The number of pyridine rings is 1. The van der Waals surface area contributed by atoms with Gasteiger partial charge in [-0.3, -0.25) is 25.2 Å². The molecule has 0 spiro atoms. The first-order chi connectivity index (χ1) is 13.5. The Morgan fingerprint density at radius 3 is 1.96 bits per heavy atom. The van der Waals surface area contributed by atoms with E-state index in [1.165, 1.54) is 30.5 Å². The molecule has 1 aromatic carbocycles. The highest BCUT2D eigenvalue weighted by molar-refractivity contribution is 6.32. The maximum Gasteiger partial charge on any atom is 0.411 e. The molecule has 2 N–H and O–H groups in total. The molecule has 0 saturated heterocycles. The maximum absolute atomic E-state index is 13.0. The van der Waals surface area contributed by atoms with Gasteiger partial charge >= 0.3 is 12.2 Å². The molecule has 0 aliphatic heterocycles. The molecule has 2 amide bonds. The predicted molar refractivity (Wildman–Crippen MR) is 98.8 cm³/mol. The fraction of sp³-hybridized carbons (Fsp3) is 0.211. The monoisotopic (exact) mass is 383 g/mol. The minimum atomic E-state index is -0.775. The van der Waals surface area contributed by atoms with Crippen LogP contribution >= 0.6 is 0 Å². The van der Waals surface area contributed by atoms with Gasteiger partial charge in [-0.05, 0) is 38.1 Å². The van der Waals surface area contributed by atoms with Gasteiger partial charge in [-0.1, -0.05) is 0 Å². The van der Waals surface area contributed by atoms with Gasteiger partial charge in [-0.25, -0.2) is 9.59 Å². The lowest BCUT2D eigenvalue weighted by Gasteiger charge is -2.22. The Balaban J connectivity index is 2.15. The number of hydrogen-bond acceptors (Lipinski definition) is 7. The van der Waals surface area contributed by atoms with Crippen molar-refractivity contribution in [3.63, 3.8) is 0 Å². The van der Waals surface area contributed by atoms with Gasteiger partial charge in [-0.2, -0.15) is 0 Å². The molecule has 1 aliphatic rings. The van der Waals surface area contributed by atoms with Gasteiger partial charge < -0.3 is 9.47 Å². The van der Waals surface area contributed by atoms with Crippen molar-refractivity contribution in [2.75, 3.05) is 23.8 Å². The Kier molecular flexibility index (Phi) is 5.35. The molecule has 144 valence electrons. The molecule has 0 saturated carbocycles. The van der Waals surface area contributed by atoms with Crippen LogP contribution in [0.3, 0.4) is 0 Å². The Labute approximate surface area is 160 Å². The summed E-state index contributed by atoms with van der Waals surface area (Å²) in [5.74, 6) is -1.05. The normalized spacial score (nSPS) is 11.9. The minimum Gasteiger partial charge on any atom is -0.450 e. The molecule has 1 aromatic heterocycles. The molecule has 9 nitrogen and oxygen atoms in total. The van der Waals surface area contributed by atoms with Crippen LogP contribution < -0.4 is 10.6 Å². The van der Waals surface area contributed by atoms with Crippen LogP contribution in [-0.2, 0) is 9.47 Å². The Morgan fingerprint density at radius 2 is 1.43 bits per heavy atom. The van der Waals surface area contributed by atoms with Crippen molar-refractivity contribution < 1.29 is 28.7 Å². The maximum atomic E-state index is 13.0. The molecule has 28 heavy (non-hydrogen) atoms. The quantitative estimate of drug-likeness (QED) is 0.710. The first kappa shape index (κ1) is 19.0. The van der Waals surface area contributed by atoms with E-state index in [1.54, 1.807) is 13.8 Å². The number of amides is 2. The number of ketones is 2. The topological polar surface area (TPSA) is 124 Å². The summed E-state index contributed by atoms with van der Waals surface area (Å²) in [7, 11) is 0. The van der Waals surface area contributed by atoms with E-state index in [1.807, 2.05) is 0 Å². The molecule has 1 heterocycles. The number of nitrogens with one attached hydrogen (secondary N) is 2. The van der Waals surface area contributed by atoms with Crippen LogP contribution in [-0.4, -0.2) is 42.0 Å². The van der Waals surface area contributed by atoms with E-state index in [0.717, 1.165) is 0 Å². The first-order valence-electron chi connectivity index (χ1n) is 8.56. The van der Waals surface area contributed by atoms with E-state index < -0.39 is 23.8 Å². The number of rotatable bonds is 4. The molecule has 0 atom stereocenters. The summed E-state index contributed by atoms with van der Waals surface area (Å²) in [6.45, 7) is 3.54. The second kappa shape index (κ2) is 7.87. The van der Waals surface area contributed by atoms with Crippen molar-refractivity contribution in [1.29, 1.82) is 0 Å². The number of ether oxygens (including phenoxy) is 2. The van der Waals surface area contributed by atoms with Gasteiger partial charge in [0.25, 0.3) is 0 Å². The molecule has 1 aliphatic carbocycles. The van der Waals surface area contributed by atoms with E-state index >= 15 is 0 Å². The highest BCUT2D eigenvalue weighted by Crippen LogP contribution is 2.36. The third kappa shape index (κ3) is 3.41. The van der Waals surface area contributed by atoms with Crippen molar-refractivity contribution in [2.24, 2.45) is 0 Å². The lowest BCUT2D eigenvalue weighted by atomic mass is 9.85. The van der Waals surface area contributed by atoms with E-state index in [-0.39, 0.29) is 47.0 Å². The van der Waals surface area contributed by atoms with Gasteiger partial charge in [0.2, 0.25) is 5.78 Å².